The molecule has 0 bridgehead atoms. The quantitative estimate of drug-likeness (QED) is 0.800. The Morgan fingerprint density at radius 3 is 2.22 bits per heavy atom. The van der Waals surface area contributed by atoms with E-state index < -0.39 is 6.10 Å². The molecule has 1 amide bonds. The molecule has 1 fully saturated rings. The first-order valence-electron chi connectivity index (χ1n) is 8.02. The van der Waals surface area contributed by atoms with Crippen LogP contribution in [-0.4, -0.2) is 43.1 Å². The summed E-state index contributed by atoms with van der Waals surface area (Å²) in [5.41, 5.74) is 2.22. The number of hydrogen-bond donors (Lipinski definition) is 0. The van der Waals surface area contributed by atoms with Crippen molar-refractivity contribution >= 4 is 11.9 Å². The number of likely N-dealkylation sites (tertiary alicyclic amines) is 1. The van der Waals surface area contributed by atoms with Gasteiger partial charge in [0.25, 0.3) is 5.91 Å². The number of aryl methyl sites for hydroxylation is 2. The van der Waals surface area contributed by atoms with Crippen molar-refractivity contribution < 1.29 is 19.1 Å². The molecule has 23 heavy (non-hydrogen) atoms. The van der Waals surface area contributed by atoms with Crippen molar-refractivity contribution in [3.63, 3.8) is 0 Å². The van der Waals surface area contributed by atoms with E-state index in [1.807, 2.05) is 26.0 Å². The lowest BCUT2D eigenvalue weighted by molar-refractivity contribution is -0.150. The van der Waals surface area contributed by atoms with Gasteiger partial charge in [-0.05, 0) is 56.9 Å². The van der Waals surface area contributed by atoms with Gasteiger partial charge >= 0.3 is 5.97 Å². The maximum Gasteiger partial charge on any atom is 0.308 e. The highest BCUT2D eigenvalue weighted by atomic mass is 16.5. The molecule has 1 aromatic rings. The van der Waals surface area contributed by atoms with Gasteiger partial charge in [0.05, 0.1) is 13.0 Å². The number of hydrogen-bond acceptors (Lipinski definition) is 4. The Balaban J connectivity index is 1.91. The molecule has 1 atom stereocenters. The summed E-state index contributed by atoms with van der Waals surface area (Å²) in [6.07, 6.45) is 0.759. The fourth-order valence-electron chi connectivity index (χ4n) is 3.01. The van der Waals surface area contributed by atoms with Crippen LogP contribution in [0.4, 0.5) is 0 Å². The first-order valence-corrected chi connectivity index (χ1v) is 8.02. The van der Waals surface area contributed by atoms with Crippen LogP contribution in [0.15, 0.2) is 18.2 Å². The van der Waals surface area contributed by atoms with Gasteiger partial charge in [0.2, 0.25) is 0 Å². The fourth-order valence-corrected chi connectivity index (χ4v) is 3.01. The maximum atomic E-state index is 12.5. The van der Waals surface area contributed by atoms with E-state index >= 15 is 0 Å². The molecule has 126 valence electrons. The van der Waals surface area contributed by atoms with Crippen molar-refractivity contribution in [2.45, 2.75) is 39.7 Å². The van der Waals surface area contributed by atoms with Crippen molar-refractivity contribution in [1.29, 1.82) is 0 Å². The molecule has 5 nitrogen and oxygen atoms in total. The first kappa shape index (κ1) is 17.3. The molecule has 1 aromatic carbocycles. The van der Waals surface area contributed by atoms with Crippen LogP contribution in [0, 0.1) is 19.8 Å². The number of rotatable bonds is 4. The molecule has 0 radical (unpaired) electrons. The molecule has 1 aliphatic heterocycles. The van der Waals surface area contributed by atoms with Gasteiger partial charge in [0, 0.05) is 13.1 Å². The Kier molecular flexibility index (Phi) is 5.64. The van der Waals surface area contributed by atoms with Gasteiger partial charge in [-0.25, -0.2) is 0 Å². The third kappa shape index (κ3) is 4.47. The van der Waals surface area contributed by atoms with E-state index in [4.69, 9.17) is 9.47 Å². The highest BCUT2D eigenvalue weighted by molar-refractivity contribution is 5.81. The summed E-state index contributed by atoms with van der Waals surface area (Å²) in [5.74, 6) is 0.400. The minimum absolute atomic E-state index is 0.0347. The van der Waals surface area contributed by atoms with E-state index in [1.165, 1.54) is 7.11 Å². The number of nitrogens with zero attached hydrogens (tertiary/aromatic N) is 1. The molecule has 0 saturated carbocycles. The number of carbonyl (C=O) groups excluding carboxylic acids is 2. The molecule has 0 spiro atoms. The molecule has 2 rings (SSSR count). The van der Waals surface area contributed by atoms with E-state index in [1.54, 1.807) is 11.8 Å². The van der Waals surface area contributed by atoms with Gasteiger partial charge in [-0.2, -0.15) is 0 Å². The fraction of sp³-hybridized carbons (Fsp3) is 0.556. The summed E-state index contributed by atoms with van der Waals surface area (Å²) in [6, 6.07) is 5.93. The Morgan fingerprint density at radius 2 is 1.70 bits per heavy atom. The van der Waals surface area contributed by atoms with E-state index in [2.05, 4.69) is 6.07 Å². The van der Waals surface area contributed by atoms with Crippen LogP contribution < -0.4 is 4.74 Å². The van der Waals surface area contributed by atoms with Gasteiger partial charge in [-0.3, -0.25) is 9.59 Å². The Hall–Kier alpha value is -2.04. The van der Waals surface area contributed by atoms with Crippen molar-refractivity contribution in [3.8, 4) is 5.75 Å². The van der Waals surface area contributed by atoms with Gasteiger partial charge < -0.3 is 14.4 Å². The second-order valence-electron chi connectivity index (χ2n) is 6.21. The van der Waals surface area contributed by atoms with Gasteiger partial charge in [0.1, 0.15) is 5.75 Å². The predicted molar refractivity (Wildman–Crippen MR) is 87.3 cm³/mol. The van der Waals surface area contributed by atoms with Crippen LogP contribution in [0.1, 0.15) is 30.9 Å². The Labute approximate surface area is 137 Å². The van der Waals surface area contributed by atoms with Crippen LogP contribution in [0.25, 0.3) is 0 Å². The first-order chi connectivity index (χ1) is 10.9. The average Bonchev–Trinajstić information content (AvgIpc) is 2.52. The zero-order valence-electron chi connectivity index (χ0n) is 14.3. The van der Waals surface area contributed by atoms with E-state index in [-0.39, 0.29) is 17.8 Å². The normalized spacial score (nSPS) is 16.8. The summed E-state index contributed by atoms with van der Waals surface area (Å²) < 4.78 is 10.6. The standard InChI is InChI=1S/C18H25NO4/c1-12-9-13(2)11-16(10-12)23-14(3)17(20)19-7-5-15(6-8-19)18(21)22-4/h9-11,14-15H,5-8H2,1-4H3/t14-/m0/s1. The van der Waals surface area contributed by atoms with Crippen LogP contribution >= 0.6 is 0 Å². The zero-order valence-corrected chi connectivity index (χ0v) is 14.3. The highest BCUT2D eigenvalue weighted by Gasteiger charge is 2.30. The van der Waals surface area contributed by atoms with Crippen LogP contribution in [0.5, 0.6) is 5.75 Å². The summed E-state index contributed by atoms with van der Waals surface area (Å²) >= 11 is 0. The number of amides is 1. The lowest BCUT2D eigenvalue weighted by atomic mass is 9.97. The number of carbonyl (C=O) groups is 2. The van der Waals surface area contributed by atoms with Crippen molar-refractivity contribution in [2.75, 3.05) is 20.2 Å². The Bertz CT molecular complexity index is 556. The summed E-state index contributed by atoms with van der Waals surface area (Å²) in [6.45, 7) is 6.92. The topological polar surface area (TPSA) is 55.8 Å². The molecule has 0 aromatic heterocycles. The average molecular weight is 319 g/mol. The smallest absolute Gasteiger partial charge is 0.308 e. The molecule has 0 N–H and O–H groups in total. The van der Waals surface area contributed by atoms with Crippen molar-refractivity contribution in [2.24, 2.45) is 5.92 Å². The summed E-state index contributed by atoms with van der Waals surface area (Å²) in [4.78, 5) is 25.8. The van der Waals surface area contributed by atoms with Crippen molar-refractivity contribution in [3.05, 3.63) is 29.3 Å². The van der Waals surface area contributed by atoms with Gasteiger partial charge in [0.15, 0.2) is 6.10 Å². The largest absolute Gasteiger partial charge is 0.481 e. The van der Waals surface area contributed by atoms with Crippen LogP contribution in [0.2, 0.25) is 0 Å². The molecule has 0 aliphatic carbocycles. The minimum atomic E-state index is -0.536. The molecule has 5 heteroatoms. The molecule has 1 aliphatic rings. The number of esters is 1. The lowest BCUT2D eigenvalue weighted by Gasteiger charge is -2.32. The second kappa shape index (κ2) is 7.49. The van der Waals surface area contributed by atoms with E-state index in [0.29, 0.717) is 31.7 Å². The molecular weight excluding hydrogens is 294 g/mol. The molecule has 1 heterocycles. The van der Waals surface area contributed by atoms with Gasteiger partial charge in [-0.15, -0.1) is 0 Å². The third-order valence-electron chi connectivity index (χ3n) is 4.20. The minimum Gasteiger partial charge on any atom is -0.481 e. The zero-order chi connectivity index (χ0) is 17.0. The van der Waals surface area contributed by atoms with Crippen molar-refractivity contribution in [1.82, 2.24) is 4.90 Å². The lowest BCUT2D eigenvalue weighted by Crippen LogP contribution is -2.45. The van der Waals surface area contributed by atoms with Crippen LogP contribution in [-0.2, 0) is 14.3 Å². The maximum absolute atomic E-state index is 12.5. The predicted octanol–water partition coefficient (Wildman–Crippen LogP) is 2.48. The van der Waals surface area contributed by atoms with Gasteiger partial charge in [-0.1, -0.05) is 6.07 Å². The number of methoxy groups -OCH3 is 1. The molecule has 0 unspecified atom stereocenters. The highest BCUT2D eigenvalue weighted by Crippen LogP contribution is 2.21. The summed E-state index contributed by atoms with van der Waals surface area (Å²) in [5, 5.41) is 0. The van der Waals surface area contributed by atoms with Crippen LogP contribution in [0.3, 0.4) is 0 Å². The third-order valence-corrected chi connectivity index (χ3v) is 4.20. The SMILES string of the molecule is COC(=O)C1CCN(C(=O)[C@H](C)Oc2cc(C)cc(C)c2)CC1. The second-order valence-corrected chi connectivity index (χ2v) is 6.21. The van der Waals surface area contributed by atoms with E-state index in [9.17, 15) is 9.59 Å². The van der Waals surface area contributed by atoms with E-state index in [0.717, 1.165) is 11.1 Å². The summed E-state index contributed by atoms with van der Waals surface area (Å²) in [7, 11) is 1.40. The number of piperidine rings is 1. The monoisotopic (exact) mass is 319 g/mol. The molecular formula is C18H25NO4. The molecule has 1 saturated heterocycles. The number of ether oxygens (including phenoxy) is 2. The Morgan fingerprint density at radius 1 is 1.13 bits per heavy atom. The number of benzene rings is 1.